The summed E-state index contributed by atoms with van der Waals surface area (Å²) in [6, 6.07) is 2.05. The Hall–Kier alpha value is -1.76. The Balaban J connectivity index is 1.93. The second kappa shape index (κ2) is 3.92. The average Bonchev–Trinajstić information content (AvgIpc) is 2.87. The van der Waals surface area contributed by atoms with E-state index in [9.17, 15) is 0 Å². The molecule has 0 aromatic carbocycles. The summed E-state index contributed by atoms with van der Waals surface area (Å²) in [6.07, 6.45) is 2.59. The van der Waals surface area contributed by atoms with E-state index in [1.54, 1.807) is 10.8 Å². The molecular weight excluding hydrogens is 236 g/mol. The van der Waals surface area contributed by atoms with Crippen LogP contribution in [0.2, 0.25) is 0 Å². The second-order valence-electron chi connectivity index (χ2n) is 4.34. The van der Waals surface area contributed by atoms with Gasteiger partial charge in [0, 0.05) is 5.69 Å². The summed E-state index contributed by atoms with van der Waals surface area (Å²) in [6.45, 7) is 4.37. The van der Waals surface area contributed by atoms with Crippen molar-refractivity contribution in [2.45, 2.75) is 20.3 Å². The van der Waals surface area contributed by atoms with E-state index in [0.717, 1.165) is 27.8 Å². The van der Waals surface area contributed by atoms with Gasteiger partial charge in [-0.2, -0.15) is 14.7 Å². The largest absolute Gasteiger partial charge is 0.282 e. The molecule has 0 aliphatic carbocycles. The van der Waals surface area contributed by atoms with E-state index < -0.39 is 0 Å². The molecule has 0 amide bonds. The van der Waals surface area contributed by atoms with Gasteiger partial charge >= 0.3 is 0 Å². The van der Waals surface area contributed by atoms with Gasteiger partial charge in [-0.1, -0.05) is 25.2 Å². The first-order valence-electron chi connectivity index (χ1n) is 5.44. The van der Waals surface area contributed by atoms with Crippen molar-refractivity contribution in [1.82, 2.24) is 30.0 Å². The summed E-state index contributed by atoms with van der Waals surface area (Å²) in [7, 11) is 0. The maximum absolute atomic E-state index is 4.36. The van der Waals surface area contributed by atoms with Gasteiger partial charge in [-0.15, -0.1) is 10.2 Å². The summed E-state index contributed by atoms with van der Waals surface area (Å²) < 4.78 is 1.66. The van der Waals surface area contributed by atoms with Crippen molar-refractivity contribution in [2.75, 3.05) is 0 Å². The van der Waals surface area contributed by atoms with E-state index in [0.29, 0.717) is 5.92 Å². The second-order valence-corrected chi connectivity index (χ2v) is 5.30. The minimum absolute atomic E-state index is 0.612. The van der Waals surface area contributed by atoms with Crippen LogP contribution in [0.3, 0.4) is 0 Å². The molecule has 0 radical (unpaired) electrons. The SMILES string of the molecule is CC(C)Cc1cc(-c2nn3cnnc3s2)n[nH]1. The number of hydrogen-bond donors (Lipinski definition) is 1. The third-order valence-corrected chi connectivity index (χ3v) is 3.30. The van der Waals surface area contributed by atoms with Crippen LogP contribution < -0.4 is 0 Å². The molecule has 0 atom stereocenters. The summed E-state index contributed by atoms with van der Waals surface area (Å²) in [5.74, 6) is 0.612. The van der Waals surface area contributed by atoms with Gasteiger partial charge in [-0.25, -0.2) is 0 Å². The van der Waals surface area contributed by atoms with Crippen LogP contribution >= 0.6 is 11.3 Å². The summed E-state index contributed by atoms with van der Waals surface area (Å²) in [4.78, 5) is 0.786. The third kappa shape index (κ3) is 1.93. The van der Waals surface area contributed by atoms with Crippen molar-refractivity contribution >= 4 is 16.3 Å². The fourth-order valence-electron chi connectivity index (χ4n) is 1.68. The lowest BCUT2D eigenvalue weighted by molar-refractivity contribution is 0.633. The maximum atomic E-state index is 4.36. The zero-order chi connectivity index (χ0) is 11.8. The fraction of sp³-hybridized carbons (Fsp3) is 0.400. The van der Waals surface area contributed by atoms with Gasteiger partial charge in [-0.3, -0.25) is 5.10 Å². The number of nitrogens with zero attached hydrogens (tertiary/aromatic N) is 5. The molecule has 0 aliphatic rings. The smallest absolute Gasteiger partial charge is 0.234 e. The van der Waals surface area contributed by atoms with Crippen LogP contribution in [0.25, 0.3) is 15.7 Å². The van der Waals surface area contributed by atoms with E-state index >= 15 is 0 Å². The number of H-pyrrole nitrogens is 1. The number of fused-ring (bicyclic) bond motifs is 1. The Morgan fingerprint density at radius 3 is 3.12 bits per heavy atom. The zero-order valence-electron chi connectivity index (χ0n) is 9.58. The van der Waals surface area contributed by atoms with Crippen LogP contribution in [0.4, 0.5) is 0 Å². The Kier molecular flexibility index (Phi) is 2.40. The number of hydrogen-bond acceptors (Lipinski definition) is 5. The molecule has 0 fully saturated rings. The monoisotopic (exact) mass is 248 g/mol. The van der Waals surface area contributed by atoms with Crippen molar-refractivity contribution in [3.63, 3.8) is 0 Å². The normalized spacial score (nSPS) is 11.7. The summed E-state index contributed by atoms with van der Waals surface area (Å²) in [5, 5.41) is 20.3. The zero-order valence-corrected chi connectivity index (χ0v) is 10.4. The van der Waals surface area contributed by atoms with E-state index in [1.165, 1.54) is 11.3 Å². The lowest BCUT2D eigenvalue weighted by Gasteiger charge is -1.98. The summed E-state index contributed by atoms with van der Waals surface area (Å²) >= 11 is 1.48. The first-order valence-corrected chi connectivity index (χ1v) is 6.25. The Bertz CT molecular complexity index is 605. The molecule has 3 rings (SSSR count). The predicted molar refractivity (Wildman–Crippen MR) is 64.8 cm³/mol. The molecular formula is C10H12N6S. The van der Waals surface area contributed by atoms with Gasteiger partial charge in [0.25, 0.3) is 0 Å². The van der Waals surface area contributed by atoms with Crippen molar-refractivity contribution in [1.29, 1.82) is 0 Å². The average molecular weight is 248 g/mol. The highest BCUT2D eigenvalue weighted by molar-refractivity contribution is 7.19. The van der Waals surface area contributed by atoms with E-state index in [1.807, 2.05) is 6.07 Å². The first-order chi connectivity index (χ1) is 8.22. The molecule has 1 N–H and O–H groups in total. The molecule has 0 saturated carbocycles. The van der Waals surface area contributed by atoms with Gasteiger partial charge in [0.1, 0.15) is 12.0 Å². The van der Waals surface area contributed by atoms with Crippen molar-refractivity contribution in [3.8, 4) is 10.7 Å². The molecule has 3 heterocycles. The predicted octanol–water partition coefficient (Wildman–Crippen LogP) is 1.77. The van der Waals surface area contributed by atoms with Gasteiger partial charge in [0.05, 0.1) is 0 Å². The van der Waals surface area contributed by atoms with Gasteiger partial charge < -0.3 is 0 Å². The van der Waals surface area contributed by atoms with Gasteiger partial charge in [0.15, 0.2) is 5.01 Å². The minimum Gasteiger partial charge on any atom is -0.282 e. The standard InChI is InChI=1S/C10H12N6S/c1-6(2)3-7-4-8(13-12-7)9-15-16-5-11-14-10(16)17-9/h4-6H,3H2,1-2H3,(H,12,13). The molecule has 0 saturated heterocycles. The molecule has 3 aromatic rings. The topological polar surface area (TPSA) is 71.8 Å². The molecule has 0 spiro atoms. The molecule has 3 aromatic heterocycles. The van der Waals surface area contributed by atoms with E-state index in [-0.39, 0.29) is 0 Å². The van der Waals surface area contributed by atoms with Crippen LogP contribution in [0, 0.1) is 5.92 Å². The number of aromatic amines is 1. The Morgan fingerprint density at radius 1 is 1.47 bits per heavy atom. The third-order valence-electron chi connectivity index (χ3n) is 2.36. The highest BCUT2D eigenvalue weighted by atomic mass is 32.1. The van der Waals surface area contributed by atoms with Crippen LogP contribution in [0.15, 0.2) is 12.4 Å². The molecule has 0 unspecified atom stereocenters. The van der Waals surface area contributed by atoms with Crippen LogP contribution in [-0.2, 0) is 6.42 Å². The molecule has 0 bridgehead atoms. The Labute approximate surface area is 102 Å². The number of rotatable bonds is 3. The number of aromatic nitrogens is 6. The van der Waals surface area contributed by atoms with Crippen LogP contribution in [0.5, 0.6) is 0 Å². The fourth-order valence-corrected chi connectivity index (χ4v) is 2.46. The van der Waals surface area contributed by atoms with Crippen LogP contribution in [0.1, 0.15) is 19.5 Å². The van der Waals surface area contributed by atoms with Gasteiger partial charge in [0.2, 0.25) is 4.96 Å². The van der Waals surface area contributed by atoms with Crippen molar-refractivity contribution in [3.05, 3.63) is 18.1 Å². The molecule has 17 heavy (non-hydrogen) atoms. The molecule has 6 nitrogen and oxygen atoms in total. The van der Waals surface area contributed by atoms with Crippen LogP contribution in [-0.4, -0.2) is 30.0 Å². The minimum atomic E-state index is 0.612. The lowest BCUT2D eigenvalue weighted by Crippen LogP contribution is -1.93. The van der Waals surface area contributed by atoms with Gasteiger partial charge in [-0.05, 0) is 18.4 Å². The summed E-state index contributed by atoms with van der Waals surface area (Å²) in [5.41, 5.74) is 2.01. The van der Waals surface area contributed by atoms with E-state index in [2.05, 4.69) is 39.3 Å². The van der Waals surface area contributed by atoms with E-state index in [4.69, 9.17) is 0 Å². The first kappa shape index (κ1) is 10.4. The maximum Gasteiger partial charge on any atom is 0.234 e. The highest BCUT2D eigenvalue weighted by Crippen LogP contribution is 2.23. The molecule has 7 heteroatoms. The molecule has 0 aliphatic heterocycles. The van der Waals surface area contributed by atoms with Crippen molar-refractivity contribution in [2.24, 2.45) is 5.92 Å². The van der Waals surface area contributed by atoms with Crippen molar-refractivity contribution < 1.29 is 0 Å². The highest BCUT2D eigenvalue weighted by Gasteiger charge is 2.11. The quantitative estimate of drug-likeness (QED) is 0.766. The number of nitrogens with one attached hydrogen (secondary N) is 1. The molecule has 88 valence electrons. The lowest BCUT2D eigenvalue weighted by atomic mass is 10.1. The Morgan fingerprint density at radius 2 is 2.35 bits per heavy atom.